The molecule has 19 nitrogen and oxygen atoms in total. The second kappa shape index (κ2) is 29.0. The minimum atomic E-state index is -1.16. The van der Waals surface area contributed by atoms with Crippen LogP contribution in [0.4, 0.5) is 0 Å². The number of unbranched alkanes of at least 4 members (excludes halogenated alkanes) is 1. The van der Waals surface area contributed by atoms with E-state index < -0.39 is 77.5 Å². The summed E-state index contributed by atoms with van der Waals surface area (Å²) in [5.41, 5.74) is 24.3. The van der Waals surface area contributed by atoms with Gasteiger partial charge >= 0.3 is 0 Å². The monoisotopic (exact) mass is 952 g/mol. The average molecular weight is 953 g/mol. The molecule has 3 rings (SSSR count). The van der Waals surface area contributed by atoms with Crippen molar-refractivity contribution in [2.75, 3.05) is 43.7 Å². The van der Waals surface area contributed by atoms with E-state index in [1.165, 1.54) is 30.4 Å². The fourth-order valence-electron chi connectivity index (χ4n) is 7.27. The Morgan fingerprint density at radius 3 is 1.80 bits per heavy atom. The molecule has 2 aromatic carbocycles. The van der Waals surface area contributed by atoms with Gasteiger partial charge in [-0.1, -0.05) is 48.5 Å². The molecule has 0 spiro atoms. The molecule has 7 amide bonds. The molecule has 6 atom stereocenters. The number of primary amides is 1. The molecule has 0 radical (unpaired) electrons. The highest BCUT2D eigenvalue weighted by atomic mass is 32.2. The topological polar surface area (TPSA) is 313 Å². The quantitative estimate of drug-likeness (QED) is 0.0244. The van der Waals surface area contributed by atoms with Gasteiger partial charge in [0.1, 0.15) is 30.2 Å². The summed E-state index contributed by atoms with van der Waals surface area (Å²) in [6, 6.07) is 11.3. The zero-order valence-corrected chi connectivity index (χ0v) is 39.9. The van der Waals surface area contributed by atoms with Crippen molar-refractivity contribution in [1.82, 2.24) is 36.5 Å². The van der Waals surface area contributed by atoms with Crippen LogP contribution in [0.1, 0.15) is 68.9 Å². The van der Waals surface area contributed by atoms with Gasteiger partial charge in [-0.3, -0.25) is 38.6 Å². The highest BCUT2D eigenvalue weighted by molar-refractivity contribution is 7.98. The lowest BCUT2D eigenvalue weighted by atomic mass is 9.96. The summed E-state index contributed by atoms with van der Waals surface area (Å²) in [7, 11) is 1.84. The fourth-order valence-corrected chi connectivity index (χ4v) is 8.22. The van der Waals surface area contributed by atoms with E-state index in [9.17, 15) is 33.6 Å². The predicted octanol–water partition coefficient (Wildman–Crippen LogP) is 0.239. The van der Waals surface area contributed by atoms with Crippen molar-refractivity contribution >= 4 is 81.7 Å². The first-order valence-corrected chi connectivity index (χ1v) is 24.8. The third-order valence-electron chi connectivity index (χ3n) is 10.7. The van der Waals surface area contributed by atoms with Crippen LogP contribution in [0.15, 0.2) is 65.8 Å². The van der Waals surface area contributed by atoms with E-state index in [4.69, 9.17) is 22.9 Å². The summed E-state index contributed by atoms with van der Waals surface area (Å²) in [6.07, 6.45) is 8.09. The molecule has 0 unspecified atom stereocenters. The molecule has 1 aromatic heterocycles. The van der Waals surface area contributed by atoms with Gasteiger partial charge < -0.3 is 59.4 Å². The number of fused-ring (bicyclic) bond motifs is 1. The van der Waals surface area contributed by atoms with E-state index in [1.807, 2.05) is 54.5 Å². The Morgan fingerprint density at radius 2 is 1.20 bits per heavy atom. The Labute approximate surface area is 395 Å². The zero-order chi connectivity index (χ0) is 48.6. The number of hydrogen-bond acceptors (Lipinski definition) is 11. The van der Waals surface area contributed by atoms with Crippen LogP contribution in [0.3, 0.4) is 0 Å². The molecule has 1 heterocycles. The van der Waals surface area contributed by atoms with Crippen LogP contribution in [0.5, 0.6) is 0 Å². The van der Waals surface area contributed by atoms with E-state index in [2.05, 4.69) is 36.9 Å². The van der Waals surface area contributed by atoms with Crippen LogP contribution in [0, 0.1) is 0 Å². The third kappa shape index (κ3) is 18.2. The van der Waals surface area contributed by atoms with Crippen LogP contribution in [0.25, 0.3) is 10.9 Å². The molecule has 0 aliphatic heterocycles. The van der Waals surface area contributed by atoms with E-state index in [0.29, 0.717) is 49.3 Å². The first-order chi connectivity index (χ1) is 31.6. The summed E-state index contributed by atoms with van der Waals surface area (Å²) >= 11 is 2.95. The Kier molecular flexibility index (Phi) is 23.9. The van der Waals surface area contributed by atoms with Crippen molar-refractivity contribution in [2.45, 2.75) is 94.4 Å². The Balaban J connectivity index is 1.92. The number of para-hydroxylation sites is 1. The summed E-state index contributed by atoms with van der Waals surface area (Å²) in [5, 5.41) is 17.6. The van der Waals surface area contributed by atoms with Crippen molar-refractivity contribution < 1.29 is 33.6 Å². The maximum atomic E-state index is 14.5. The lowest BCUT2D eigenvalue weighted by Gasteiger charge is -2.26. The van der Waals surface area contributed by atoms with Crippen molar-refractivity contribution in [2.24, 2.45) is 35.0 Å². The number of thioether (sulfide) groups is 2. The van der Waals surface area contributed by atoms with Gasteiger partial charge in [0.15, 0.2) is 5.96 Å². The van der Waals surface area contributed by atoms with Gasteiger partial charge in [0.2, 0.25) is 41.4 Å². The SMILES string of the molecule is CSCC[C@H](NC(=O)[C@H](Cc1ccccc1)NC(=O)[C@H](CCCN=C(N)N)NC(C)=O)C(=O)NC[C@H](C(=O)N[C@@H](CCSC)C(=O)N[C@@H](CCCCN)C(N)=O)c1cn(C)c2ccccc12. The van der Waals surface area contributed by atoms with Gasteiger partial charge in [-0.05, 0) is 92.7 Å². The average Bonchev–Trinajstić information content (AvgIpc) is 3.62. The smallest absolute Gasteiger partial charge is 0.243 e. The third-order valence-corrected chi connectivity index (χ3v) is 12.0. The second-order valence-corrected chi connectivity index (χ2v) is 17.9. The summed E-state index contributed by atoms with van der Waals surface area (Å²) in [5.74, 6) is -4.22. The predicted molar refractivity (Wildman–Crippen MR) is 262 cm³/mol. The fraction of sp³-hybridized carbons (Fsp3) is 0.511. The van der Waals surface area contributed by atoms with Crippen LogP contribution in [-0.4, -0.2) is 126 Å². The molecular formula is C45H68N12O7S2. The zero-order valence-electron chi connectivity index (χ0n) is 38.3. The number of aromatic nitrogens is 1. The number of nitrogens with one attached hydrogen (secondary N) is 6. The van der Waals surface area contributed by atoms with Gasteiger partial charge in [0.05, 0.1) is 5.92 Å². The molecule has 0 aliphatic carbocycles. The normalized spacial score (nSPS) is 13.8. The molecule has 0 fully saturated rings. The minimum Gasteiger partial charge on any atom is -0.370 e. The van der Waals surface area contributed by atoms with Crippen LogP contribution in [-0.2, 0) is 47.0 Å². The Bertz CT molecular complexity index is 2100. The Morgan fingerprint density at radius 1 is 0.652 bits per heavy atom. The largest absolute Gasteiger partial charge is 0.370 e. The molecule has 362 valence electrons. The van der Waals surface area contributed by atoms with Crippen LogP contribution >= 0.6 is 23.5 Å². The number of guanidine groups is 1. The van der Waals surface area contributed by atoms with Gasteiger partial charge in [0.25, 0.3) is 0 Å². The van der Waals surface area contributed by atoms with E-state index in [-0.39, 0.29) is 44.7 Å². The number of aliphatic imine (C=N–C) groups is 1. The van der Waals surface area contributed by atoms with Gasteiger partial charge in [0, 0.05) is 50.6 Å². The molecule has 0 aliphatic rings. The number of carbonyl (C=O) groups excluding carboxylic acids is 7. The molecule has 0 saturated heterocycles. The molecule has 3 aromatic rings. The maximum absolute atomic E-state index is 14.5. The van der Waals surface area contributed by atoms with Crippen molar-refractivity contribution in [3.63, 3.8) is 0 Å². The van der Waals surface area contributed by atoms with Gasteiger partial charge in [-0.2, -0.15) is 23.5 Å². The minimum absolute atomic E-state index is 0.0680. The van der Waals surface area contributed by atoms with E-state index in [0.717, 1.165) is 16.5 Å². The van der Waals surface area contributed by atoms with Crippen molar-refractivity contribution in [3.8, 4) is 0 Å². The van der Waals surface area contributed by atoms with E-state index in [1.54, 1.807) is 30.5 Å². The van der Waals surface area contributed by atoms with Crippen LogP contribution < -0.4 is 54.8 Å². The number of nitrogens with two attached hydrogens (primary N) is 4. The summed E-state index contributed by atoms with van der Waals surface area (Å²) in [6.45, 7) is 1.70. The standard InChI is InChI=1S/C45H68N12O7S2/c1-28(58)52-34(17-12-22-50-45(48)49)42(62)56-37(25-29-13-6-5-7-14-29)44(64)55-35(19-23-65-3)41(61)51-26-31(32-27-57(2)38-18-9-8-15-30(32)38)40(60)54-36(20-24-66-4)43(63)53-33(39(47)59)16-10-11-21-46/h5-9,13-15,18,27,31,33-37H,10-12,16-17,19-26,46H2,1-4H3,(H2,47,59)(H,51,61)(H,52,58)(H,53,63)(H,54,60)(H,55,64)(H,56,62)(H4,48,49,50)/t31-,33-,34-,35-,36-,37-/m0/s1. The highest BCUT2D eigenvalue weighted by Gasteiger charge is 2.33. The lowest BCUT2D eigenvalue weighted by Crippen LogP contribution is -2.57. The maximum Gasteiger partial charge on any atom is 0.243 e. The molecular weight excluding hydrogens is 885 g/mol. The van der Waals surface area contributed by atoms with Crippen molar-refractivity contribution in [3.05, 3.63) is 71.9 Å². The van der Waals surface area contributed by atoms with Crippen LogP contribution in [0.2, 0.25) is 0 Å². The van der Waals surface area contributed by atoms with Gasteiger partial charge in [-0.15, -0.1) is 0 Å². The molecule has 66 heavy (non-hydrogen) atoms. The number of hydrogen-bond donors (Lipinski definition) is 10. The van der Waals surface area contributed by atoms with E-state index >= 15 is 0 Å². The summed E-state index contributed by atoms with van der Waals surface area (Å²) < 4.78 is 1.87. The molecule has 0 saturated carbocycles. The lowest BCUT2D eigenvalue weighted by molar-refractivity contribution is -0.133. The molecule has 14 N–H and O–H groups in total. The number of benzene rings is 2. The van der Waals surface area contributed by atoms with Crippen molar-refractivity contribution in [1.29, 1.82) is 0 Å². The Hall–Kier alpha value is -5.80. The number of carbonyl (C=O) groups is 7. The number of rotatable bonds is 30. The first-order valence-electron chi connectivity index (χ1n) is 22.0. The number of amides is 7. The molecule has 0 bridgehead atoms. The summed E-state index contributed by atoms with van der Waals surface area (Å²) in [4.78, 5) is 98.8. The number of nitrogens with zero attached hydrogens (tertiary/aromatic N) is 2. The first kappa shape index (κ1) is 54.5. The number of aryl methyl sites for hydroxylation is 1. The highest BCUT2D eigenvalue weighted by Crippen LogP contribution is 2.28. The second-order valence-electron chi connectivity index (χ2n) is 15.9. The van der Waals surface area contributed by atoms with Gasteiger partial charge in [-0.25, -0.2) is 0 Å². The molecule has 21 heteroatoms.